The van der Waals surface area contributed by atoms with Crippen molar-refractivity contribution < 1.29 is 4.79 Å². The third-order valence-electron chi connectivity index (χ3n) is 3.89. The molecule has 1 aliphatic heterocycles. The number of rotatable bonds is 4. The number of Topliss-reactive ketones (excluding diaryl/α,β-unsaturated/α-hetero) is 1. The SMILES string of the molecule is CCC(=O)C1(c2ccccc2)CCN(N=O)CC1. The number of carbonyl (C=O) groups excluding carboxylic acids is 1. The van der Waals surface area contributed by atoms with E-state index in [1.807, 2.05) is 37.3 Å². The number of benzene rings is 1. The van der Waals surface area contributed by atoms with Crippen LogP contribution in [0.4, 0.5) is 0 Å². The third-order valence-corrected chi connectivity index (χ3v) is 3.89. The number of hydrogen-bond acceptors (Lipinski definition) is 3. The molecule has 0 aromatic heterocycles. The zero-order valence-electron chi connectivity index (χ0n) is 10.6. The monoisotopic (exact) mass is 246 g/mol. The molecule has 1 aromatic carbocycles. The molecule has 0 bridgehead atoms. The van der Waals surface area contributed by atoms with Gasteiger partial charge in [0, 0.05) is 19.5 Å². The Balaban J connectivity index is 2.32. The van der Waals surface area contributed by atoms with E-state index in [1.165, 1.54) is 5.01 Å². The van der Waals surface area contributed by atoms with Gasteiger partial charge in [-0.1, -0.05) is 37.3 Å². The average Bonchev–Trinajstić information content (AvgIpc) is 2.47. The molecule has 0 amide bonds. The molecule has 0 aliphatic carbocycles. The number of hydrogen-bond donors (Lipinski definition) is 0. The highest BCUT2D eigenvalue weighted by Gasteiger charge is 2.41. The number of piperidine rings is 1. The molecule has 0 spiro atoms. The number of nitrogens with zero attached hydrogens (tertiary/aromatic N) is 2. The Morgan fingerprint density at radius 3 is 2.39 bits per heavy atom. The summed E-state index contributed by atoms with van der Waals surface area (Å²) in [6.07, 6.45) is 1.88. The van der Waals surface area contributed by atoms with E-state index in [1.54, 1.807) is 0 Å². The standard InChI is InChI=1S/C14H18N2O2/c1-2-13(17)14(12-6-4-3-5-7-12)8-10-16(15-18)11-9-14/h3-7H,2,8-11H2,1H3. The van der Waals surface area contributed by atoms with Crippen LogP contribution in [0, 0.1) is 4.91 Å². The Labute approximate surface area is 107 Å². The zero-order chi connectivity index (χ0) is 13.0. The summed E-state index contributed by atoms with van der Waals surface area (Å²) in [4.78, 5) is 22.9. The molecule has 96 valence electrons. The lowest BCUT2D eigenvalue weighted by molar-refractivity contribution is -0.126. The first-order chi connectivity index (χ1) is 8.73. The molecule has 0 unspecified atom stereocenters. The minimum atomic E-state index is -0.419. The van der Waals surface area contributed by atoms with Crippen molar-refractivity contribution in [3.05, 3.63) is 40.8 Å². The summed E-state index contributed by atoms with van der Waals surface area (Å²) < 4.78 is 0. The van der Waals surface area contributed by atoms with E-state index in [2.05, 4.69) is 5.29 Å². The first-order valence-corrected chi connectivity index (χ1v) is 6.40. The van der Waals surface area contributed by atoms with Crippen molar-refractivity contribution in [3.8, 4) is 0 Å². The van der Waals surface area contributed by atoms with Gasteiger partial charge in [-0.15, -0.1) is 4.91 Å². The largest absolute Gasteiger partial charge is 0.299 e. The van der Waals surface area contributed by atoms with Crippen molar-refractivity contribution in [3.63, 3.8) is 0 Å². The van der Waals surface area contributed by atoms with Crippen LogP contribution in [0.5, 0.6) is 0 Å². The van der Waals surface area contributed by atoms with Gasteiger partial charge in [0.1, 0.15) is 5.78 Å². The molecule has 1 heterocycles. The van der Waals surface area contributed by atoms with Gasteiger partial charge in [0.2, 0.25) is 0 Å². The van der Waals surface area contributed by atoms with Crippen LogP contribution in [0.15, 0.2) is 35.6 Å². The van der Waals surface area contributed by atoms with Gasteiger partial charge in [0.05, 0.1) is 10.7 Å². The summed E-state index contributed by atoms with van der Waals surface area (Å²) in [5, 5.41) is 4.47. The molecule has 1 aromatic rings. The van der Waals surface area contributed by atoms with Crippen molar-refractivity contribution in [1.82, 2.24) is 5.01 Å². The molecule has 4 heteroatoms. The van der Waals surface area contributed by atoms with Gasteiger partial charge in [-0.3, -0.25) is 9.80 Å². The van der Waals surface area contributed by atoms with Crippen molar-refractivity contribution >= 4 is 5.78 Å². The van der Waals surface area contributed by atoms with Gasteiger partial charge in [-0.25, -0.2) is 0 Å². The van der Waals surface area contributed by atoms with Gasteiger partial charge >= 0.3 is 0 Å². The number of carbonyl (C=O) groups is 1. The molecular weight excluding hydrogens is 228 g/mol. The van der Waals surface area contributed by atoms with Gasteiger partial charge in [0.25, 0.3) is 0 Å². The van der Waals surface area contributed by atoms with Crippen molar-refractivity contribution in [2.75, 3.05) is 13.1 Å². The van der Waals surface area contributed by atoms with E-state index in [0.717, 1.165) is 5.56 Å². The molecule has 1 fully saturated rings. The predicted octanol–water partition coefficient (Wildman–Crippen LogP) is 2.68. The van der Waals surface area contributed by atoms with E-state index in [-0.39, 0.29) is 5.78 Å². The Kier molecular flexibility index (Phi) is 3.75. The van der Waals surface area contributed by atoms with Gasteiger partial charge < -0.3 is 0 Å². The maximum absolute atomic E-state index is 12.4. The smallest absolute Gasteiger partial charge is 0.143 e. The Morgan fingerprint density at radius 2 is 1.89 bits per heavy atom. The second-order valence-corrected chi connectivity index (χ2v) is 4.76. The van der Waals surface area contributed by atoms with E-state index >= 15 is 0 Å². The van der Waals surface area contributed by atoms with E-state index in [0.29, 0.717) is 32.4 Å². The van der Waals surface area contributed by atoms with Gasteiger partial charge in [0.15, 0.2) is 0 Å². The van der Waals surface area contributed by atoms with Gasteiger partial charge in [-0.2, -0.15) is 0 Å². The normalized spacial score (nSPS) is 18.4. The highest BCUT2D eigenvalue weighted by Crippen LogP contribution is 2.37. The minimum absolute atomic E-state index is 0.263. The van der Waals surface area contributed by atoms with Crippen LogP contribution < -0.4 is 0 Å². The second-order valence-electron chi connectivity index (χ2n) is 4.76. The molecular formula is C14H18N2O2. The Hall–Kier alpha value is -1.71. The predicted molar refractivity (Wildman–Crippen MR) is 70.0 cm³/mol. The van der Waals surface area contributed by atoms with Crippen LogP contribution in [-0.2, 0) is 10.2 Å². The van der Waals surface area contributed by atoms with Crippen LogP contribution >= 0.6 is 0 Å². The molecule has 1 saturated heterocycles. The lowest BCUT2D eigenvalue weighted by Gasteiger charge is -2.39. The maximum atomic E-state index is 12.4. The van der Waals surface area contributed by atoms with E-state index in [4.69, 9.17) is 0 Å². The zero-order valence-corrected chi connectivity index (χ0v) is 10.6. The molecule has 2 rings (SSSR count). The minimum Gasteiger partial charge on any atom is -0.299 e. The lowest BCUT2D eigenvalue weighted by Crippen LogP contribution is -2.45. The molecule has 18 heavy (non-hydrogen) atoms. The Bertz CT molecular complexity index is 423. The average molecular weight is 246 g/mol. The number of ketones is 1. The van der Waals surface area contributed by atoms with Crippen LogP contribution in [0.2, 0.25) is 0 Å². The summed E-state index contributed by atoms with van der Waals surface area (Å²) in [5.41, 5.74) is 0.652. The topological polar surface area (TPSA) is 49.7 Å². The van der Waals surface area contributed by atoms with E-state index < -0.39 is 5.41 Å². The van der Waals surface area contributed by atoms with Crippen LogP contribution in [-0.4, -0.2) is 23.9 Å². The molecule has 4 nitrogen and oxygen atoms in total. The lowest BCUT2D eigenvalue weighted by atomic mass is 9.69. The van der Waals surface area contributed by atoms with E-state index in [9.17, 15) is 9.70 Å². The summed E-state index contributed by atoms with van der Waals surface area (Å²) in [6.45, 7) is 3.02. The Morgan fingerprint density at radius 1 is 1.28 bits per heavy atom. The highest BCUT2D eigenvalue weighted by molar-refractivity contribution is 5.90. The van der Waals surface area contributed by atoms with Crippen molar-refractivity contribution in [2.45, 2.75) is 31.6 Å². The fourth-order valence-electron chi connectivity index (χ4n) is 2.78. The van der Waals surface area contributed by atoms with Crippen molar-refractivity contribution in [1.29, 1.82) is 0 Å². The molecule has 0 saturated carbocycles. The second kappa shape index (κ2) is 5.29. The maximum Gasteiger partial charge on any atom is 0.143 e. The third kappa shape index (κ3) is 2.15. The van der Waals surface area contributed by atoms with Crippen LogP contribution in [0.3, 0.4) is 0 Å². The number of nitroso groups, excluding NO2 is 1. The summed E-state index contributed by atoms with van der Waals surface area (Å²) in [6, 6.07) is 9.90. The summed E-state index contributed by atoms with van der Waals surface area (Å²) in [7, 11) is 0. The molecule has 0 N–H and O–H groups in total. The summed E-state index contributed by atoms with van der Waals surface area (Å²) >= 11 is 0. The molecule has 0 atom stereocenters. The quantitative estimate of drug-likeness (QED) is 0.767. The van der Waals surface area contributed by atoms with Crippen molar-refractivity contribution in [2.24, 2.45) is 5.29 Å². The van der Waals surface area contributed by atoms with Crippen LogP contribution in [0.1, 0.15) is 31.7 Å². The molecule has 0 radical (unpaired) electrons. The fourth-order valence-corrected chi connectivity index (χ4v) is 2.78. The highest BCUT2D eigenvalue weighted by atomic mass is 16.3. The first kappa shape index (κ1) is 12.7. The molecule has 1 aliphatic rings. The fraction of sp³-hybridized carbons (Fsp3) is 0.500. The van der Waals surface area contributed by atoms with Crippen LogP contribution in [0.25, 0.3) is 0 Å². The first-order valence-electron chi connectivity index (χ1n) is 6.40. The van der Waals surface area contributed by atoms with Gasteiger partial charge in [-0.05, 0) is 18.4 Å². The summed E-state index contributed by atoms with van der Waals surface area (Å²) in [5.74, 6) is 0.263.